The van der Waals surface area contributed by atoms with E-state index < -0.39 is 5.41 Å². The molecule has 0 saturated carbocycles. The summed E-state index contributed by atoms with van der Waals surface area (Å²) in [6.45, 7) is 3.07. The Bertz CT molecular complexity index is 1330. The number of nitriles is 1. The van der Waals surface area contributed by atoms with E-state index in [1.807, 2.05) is 23.6 Å². The number of anilines is 1. The van der Waals surface area contributed by atoms with Crippen LogP contribution in [0.4, 0.5) is 5.13 Å². The Labute approximate surface area is 206 Å². The van der Waals surface area contributed by atoms with E-state index in [2.05, 4.69) is 27.8 Å². The third-order valence-corrected chi connectivity index (χ3v) is 7.03. The van der Waals surface area contributed by atoms with Crippen LogP contribution in [0.1, 0.15) is 46.5 Å². The lowest BCUT2D eigenvalue weighted by Crippen LogP contribution is -2.34. The van der Waals surface area contributed by atoms with E-state index in [9.17, 15) is 14.9 Å². The molecule has 2 aliphatic rings. The van der Waals surface area contributed by atoms with Gasteiger partial charge in [-0.1, -0.05) is 24.3 Å². The molecular weight excluding hydrogens is 464 g/mol. The van der Waals surface area contributed by atoms with Crippen molar-refractivity contribution in [3.63, 3.8) is 0 Å². The van der Waals surface area contributed by atoms with Gasteiger partial charge in [0, 0.05) is 22.9 Å². The zero-order valence-corrected chi connectivity index (χ0v) is 20.0. The molecular formula is C26H24N4O4S. The summed E-state index contributed by atoms with van der Waals surface area (Å²) in [5.74, 6) is -0.756. The summed E-state index contributed by atoms with van der Waals surface area (Å²) >= 11 is 1.33. The fourth-order valence-electron chi connectivity index (χ4n) is 4.18. The molecule has 178 valence electrons. The standard InChI is InChI=1S/C26H24N4O4S/c1-26(14-27)15-33-12-19-6-5-18(10-20(19)26)24(32)28-11-23(31)30-25-29-21(13-35-25)16-3-2-4-17(9-16)22-7-8-34-22/h2-6,9-10,13,22H,7-8,11-12,15H2,1H3,(H,28,32)(H,29,30,31)/t22-,26-/m1/s1. The maximum absolute atomic E-state index is 12.7. The highest BCUT2D eigenvalue weighted by atomic mass is 32.1. The third kappa shape index (κ3) is 4.82. The number of hydrogen-bond donors (Lipinski definition) is 2. The minimum Gasteiger partial charge on any atom is -0.375 e. The van der Waals surface area contributed by atoms with Crippen molar-refractivity contribution in [3.8, 4) is 17.3 Å². The molecule has 2 N–H and O–H groups in total. The molecule has 9 heteroatoms. The maximum Gasteiger partial charge on any atom is 0.251 e. The number of thiazole rings is 1. The predicted octanol–water partition coefficient (Wildman–Crippen LogP) is 3.95. The Morgan fingerprint density at radius 3 is 2.91 bits per heavy atom. The van der Waals surface area contributed by atoms with Gasteiger partial charge in [0.2, 0.25) is 5.91 Å². The monoisotopic (exact) mass is 488 g/mol. The molecule has 1 fully saturated rings. The van der Waals surface area contributed by atoms with Crippen molar-refractivity contribution in [2.75, 3.05) is 25.1 Å². The Morgan fingerprint density at radius 2 is 2.14 bits per heavy atom. The summed E-state index contributed by atoms with van der Waals surface area (Å²) in [5, 5.41) is 17.3. The van der Waals surface area contributed by atoms with Crippen molar-refractivity contribution in [2.45, 2.75) is 31.5 Å². The van der Waals surface area contributed by atoms with Crippen molar-refractivity contribution >= 4 is 28.3 Å². The molecule has 2 aromatic carbocycles. The number of amides is 2. The van der Waals surface area contributed by atoms with Crippen LogP contribution < -0.4 is 10.6 Å². The van der Waals surface area contributed by atoms with Gasteiger partial charge in [-0.15, -0.1) is 11.3 Å². The molecule has 3 heterocycles. The van der Waals surface area contributed by atoms with E-state index in [-0.39, 0.29) is 31.1 Å². The predicted molar refractivity (Wildman–Crippen MR) is 131 cm³/mol. The first-order valence-electron chi connectivity index (χ1n) is 11.3. The van der Waals surface area contributed by atoms with Crippen LogP contribution in [0.25, 0.3) is 11.3 Å². The third-order valence-electron chi connectivity index (χ3n) is 6.27. The minimum atomic E-state index is -0.811. The first-order chi connectivity index (χ1) is 16.9. The van der Waals surface area contributed by atoms with Gasteiger partial charge in [-0.05, 0) is 41.8 Å². The number of ether oxygens (including phenoxy) is 2. The first kappa shape index (κ1) is 23.2. The first-order valence-corrected chi connectivity index (χ1v) is 12.2. The topological polar surface area (TPSA) is 113 Å². The normalized spacial score (nSPS) is 20.7. The number of carbonyl (C=O) groups is 2. The second kappa shape index (κ2) is 9.58. The lowest BCUT2D eigenvalue weighted by Gasteiger charge is -2.30. The SMILES string of the molecule is C[C@@]1(C#N)COCc2ccc(C(=O)NCC(=O)Nc3nc(-c4cccc([C@H]5CCO5)c4)cs3)cc21. The van der Waals surface area contributed by atoms with Crippen LogP contribution in [0.15, 0.2) is 47.8 Å². The Hall–Kier alpha value is -3.58. The molecule has 3 aromatic rings. The summed E-state index contributed by atoms with van der Waals surface area (Å²) in [4.78, 5) is 29.6. The van der Waals surface area contributed by atoms with Gasteiger partial charge in [0.1, 0.15) is 5.41 Å². The highest BCUT2D eigenvalue weighted by Gasteiger charge is 2.33. The van der Waals surface area contributed by atoms with Crippen LogP contribution in [-0.4, -0.2) is 36.6 Å². The van der Waals surface area contributed by atoms with Crippen LogP contribution in [0.3, 0.4) is 0 Å². The number of rotatable bonds is 6. The largest absolute Gasteiger partial charge is 0.375 e. The molecule has 2 amide bonds. The highest BCUT2D eigenvalue weighted by molar-refractivity contribution is 7.14. The van der Waals surface area contributed by atoms with Gasteiger partial charge in [0.05, 0.1) is 44.2 Å². The van der Waals surface area contributed by atoms with Crippen LogP contribution in [0.2, 0.25) is 0 Å². The fourth-order valence-corrected chi connectivity index (χ4v) is 4.92. The van der Waals surface area contributed by atoms with E-state index >= 15 is 0 Å². The zero-order chi connectivity index (χ0) is 24.4. The van der Waals surface area contributed by atoms with E-state index in [0.717, 1.165) is 41.0 Å². The second-order valence-corrected chi connectivity index (χ2v) is 9.71. The quantitative estimate of drug-likeness (QED) is 0.543. The zero-order valence-electron chi connectivity index (χ0n) is 19.2. The summed E-state index contributed by atoms with van der Waals surface area (Å²) in [6.07, 6.45) is 1.17. The Balaban J connectivity index is 1.19. The molecule has 5 rings (SSSR count). The van der Waals surface area contributed by atoms with Crippen molar-refractivity contribution in [1.29, 1.82) is 5.26 Å². The van der Waals surface area contributed by atoms with E-state index in [4.69, 9.17) is 9.47 Å². The highest BCUT2D eigenvalue weighted by Crippen LogP contribution is 2.33. The molecule has 0 spiro atoms. The summed E-state index contributed by atoms with van der Waals surface area (Å²) in [5.41, 5.74) is 4.12. The van der Waals surface area contributed by atoms with Gasteiger partial charge < -0.3 is 20.1 Å². The summed E-state index contributed by atoms with van der Waals surface area (Å²) in [7, 11) is 0. The smallest absolute Gasteiger partial charge is 0.251 e. The van der Waals surface area contributed by atoms with E-state index in [1.165, 1.54) is 11.3 Å². The molecule has 2 aliphatic heterocycles. The maximum atomic E-state index is 12.7. The van der Waals surface area contributed by atoms with Crippen LogP contribution in [0.5, 0.6) is 0 Å². The fraction of sp³-hybridized carbons (Fsp3) is 0.308. The minimum absolute atomic E-state index is 0.147. The van der Waals surface area contributed by atoms with Gasteiger partial charge in [-0.25, -0.2) is 4.98 Å². The van der Waals surface area contributed by atoms with E-state index in [0.29, 0.717) is 17.3 Å². The summed E-state index contributed by atoms with van der Waals surface area (Å²) < 4.78 is 11.1. The van der Waals surface area contributed by atoms with Crippen LogP contribution in [0, 0.1) is 11.3 Å². The molecule has 0 aliphatic carbocycles. The van der Waals surface area contributed by atoms with Gasteiger partial charge >= 0.3 is 0 Å². The Morgan fingerprint density at radius 1 is 1.29 bits per heavy atom. The van der Waals surface area contributed by atoms with Crippen molar-refractivity contribution in [3.05, 3.63) is 70.1 Å². The van der Waals surface area contributed by atoms with Gasteiger partial charge in [0.25, 0.3) is 5.91 Å². The number of nitrogens with zero attached hydrogens (tertiary/aromatic N) is 2. The number of benzene rings is 2. The second-order valence-electron chi connectivity index (χ2n) is 8.85. The van der Waals surface area contributed by atoms with E-state index in [1.54, 1.807) is 25.1 Å². The van der Waals surface area contributed by atoms with Gasteiger partial charge in [-0.3, -0.25) is 9.59 Å². The Kier molecular flexibility index (Phi) is 6.34. The molecule has 35 heavy (non-hydrogen) atoms. The number of hydrogen-bond acceptors (Lipinski definition) is 7. The van der Waals surface area contributed by atoms with Crippen molar-refractivity contribution < 1.29 is 19.1 Å². The number of aromatic nitrogens is 1. The van der Waals surface area contributed by atoms with Crippen molar-refractivity contribution in [1.82, 2.24) is 10.3 Å². The number of fused-ring (bicyclic) bond motifs is 1. The van der Waals surface area contributed by atoms with Crippen LogP contribution in [-0.2, 0) is 26.3 Å². The number of nitrogens with one attached hydrogen (secondary N) is 2. The average Bonchev–Trinajstić information content (AvgIpc) is 3.30. The molecule has 1 saturated heterocycles. The summed E-state index contributed by atoms with van der Waals surface area (Å²) in [6, 6.07) is 15.5. The molecule has 8 nitrogen and oxygen atoms in total. The molecule has 1 aromatic heterocycles. The molecule has 0 radical (unpaired) electrons. The number of carbonyl (C=O) groups excluding carboxylic acids is 2. The molecule has 0 bridgehead atoms. The van der Waals surface area contributed by atoms with Gasteiger partial charge in [-0.2, -0.15) is 5.26 Å². The average molecular weight is 489 g/mol. The molecule has 0 unspecified atom stereocenters. The van der Waals surface area contributed by atoms with Crippen molar-refractivity contribution in [2.24, 2.45) is 0 Å². The van der Waals surface area contributed by atoms with Crippen LogP contribution >= 0.6 is 11.3 Å². The lowest BCUT2D eigenvalue weighted by molar-refractivity contribution is -0.115. The van der Waals surface area contributed by atoms with Gasteiger partial charge in [0.15, 0.2) is 5.13 Å². The lowest BCUT2D eigenvalue weighted by atomic mass is 9.79. The molecule has 2 atom stereocenters.